The van der Waals surface area contributed by atoms with Gasteiger partial charge in [-0.3, -0.25) is 14.6 Å². The van der Waals surface area contributed by atoms with Crippen LogP contribution in [0.2, 0.25) is 0 Å². The molecular formula is C48H57F2N7O9. The maximum atomic E-state index is 14.1. The van der Waals surface area contributed by atoms with Gasteiger partial charge >= 0.3 is 18.8 Å². The number of halogens is 2. The van der Waals surface area contributed by atoms with E-state index in [1.54, 1.807) is 23.1 Å². The molecule has 0 unspecified atom stereocenters. The van der Waals surface area contributed by atoms with E-state index in [9.17, 15) is 28.0 Å². The second-order valence-electron chi connectivity index (χ2n) is 18.2. The normalized spacial score (nSPS) is 20.8. The Hall–Kier alpha value is -6.14. The number of carbonyl (C=O) groups excluding carboxylic acids is 4. The number of methoxy groups -OCH3 is 3. The average Bonchev–Trinajstić information content (AvgIpc) is 4.13. The molecule has 1 aromatic heterocycles. The van der Waals surface area contributed by atoms with Crippen molar-refractivity contribution >= 4 is 46.2 Å². The molecule has 4 amide bonds. The lowest BCUT2D eigenvalue weighted by Crippen LogP contribution is -2.53. The standard InChI is InChI=1S/C48H57F2N7O9/c1-24(2)41(54-47(60)63-6)44(58)56-20-27(22-66-46(49)50)12-38(56)36-16-33-32-17-40-34(15-28(32)9-11-35(33)52-36)31-10-8-29(14-30(31)23-65-40)37-18-51-43(53-37)39-13-26(21-62-5)19-57(39)45(59)42(25(3)4)55-48(61)64-7/h8-11,14-15,17-18,24-27,38-39,41-42,46H,12-13,16,19-23H2,1-7H3,(H,51,53)(H,54,60)(H,55,61)/t26-,27-,38-,39-,41-,42-/m0/s1. The van der Waals surface area contributed by atoms with Crippen LogP contribution in [0.1, 0.15) is 63.5 Å². The number of amides is 4. The number of aromatic nitrogens is 2. The smallest absolute Gasteiger partial charge is 0.407 e. The van der Waals surface area contributed by atoms with Crippen LogP contribution in [-0.2, 0) is 41.6 Å². The molecule has 0 spiro atoms. The van der Waals surface area contributed by atoms with E-state index >= 15 is 0 Å². The number of alkyl carbamates (subject to hydrolysis) is 2. The first-order chi connectivity index (χ1) is 31.7. The number of rotatable bonds is 14. The lowest BCUT2D eigenvalue weighted by molar-refractivity contribution is -0.139. The van der Waals surface area contributed by atoms with Crippen molar-refractivity contribution in [1.29, 1.82) is 0 Å². The molecule has 5 heterocycles. The minimum atomic E-state index is -2.93. The number of aliphatic imine (C=N–C) groups is 1. The highest BCUT2D eigenvalue weighted by atomic mass is 19.3. The molecule has 6 atom stereocenters. The molecule has 352 valence electrons. The number of hydrogen-bond donors (Lipinski definition) is 3. The van der Waals surface area contributed by atoms with Crippen LogP contribution in [0.15, 0.2) is 53.7 Å². The second kappa shape index (κ2) is 19.4. The van der Waals surface area contributed by atoms with Crippen LogP contribution in [0.4, 0.5) is 24.1 Å². The number of alkyl halides is 2. The number of ether oxygens (including phenoxy) is 5. The van der Waals surface area contributed by atoms with E-state index in [1.165, 1.54) is 14.2 Å². The number of hydrogen-bond acceptors (Lipinski definition) is 11. The van der Waals surface area contributed by atoms with Gasteiger partial charge in [-0.1, -0.05) is 45.9 Å². The highest BCUT2D eigenvalue weighted by Gasteiger charge is 2.44. The van der Waals surface area contributed by atoms with Crippen molar-refractivity contribution in [1.82, 2.24) is 30.4 Å². The predicted molar refractivity (Wildman–Crippen MR) is 240 cm³/mol. The van der Waals surface area contributed by atoms with Gasteiger partial charge in [0.05, 0.1) is 57.1 Å². The zero-order valence-corrected chi connectivity index (χ0v) is 38.2. The summed E-state index contributed by atoms with van der Waals surface area (Å²) in [5.74, 6) is 0.0963. The fraction of sp³-hybridized carbons (Fsp3) is 0.500. The van der Waals surface area contributed by atoms with Crippen LogP contribution in [0.3, 0.4) is 0 Å². The number of benzene rings is 3. The van der Waals surface area contributed by atoms with Crippen LogP contribution < -0.4 is 15.4 Å². The summed E-state index contributed by atoms with van der Waals surface area (Å²) in [6.45, 7) is 5.67. The van der Waals surface area contributed by atoms with Crippen LogP contribution in [0, 0.1) is 23.7 Å². The minimum absolute atomic E-state index is 0.0838. The molecule has 16 nitrogen and oxygen atoms in total. The molecular weight excluding hydrogens is 857 g/mol. The van der Waals surface area contributed by atoms with Crippen molar-refractivity contribution in [2.45, 2.75) is 84.3 Å². The first-order valence-electron chi connectivity index (χ1n) is 22.3. The van der Waals surface area contributed by atoms with Gasteiger partial charge in [0.2, 0.25) is 11.8 Å². The molecule has 3 N–H and O–H groups in total. The van der Waals surface area contributed by atoms with E-state index in [1.807, 2.05) is 52.0 Å². The van der Waals surface area contributed by atoms with Crippen molar-refractivity contribution in [3.8, 4) is 28.1 Å². The van der Waals surface area contributed by atoms with Crippen LogP contribution in [0.5, 0.6) is 5.75 Å². The number of aromatic amines is 1. The summed E-state index contributed by atoms with van der Waals surface area (Å²) in [5, 5.41) is 7.30. The third kappa shape index (κ3) is 9.30. The Morgan fingerprint density at radius 2 is 1.48 bits per heavy atom. The quantitative estimate of drug-likeness (QED) is 0.117. The Kier molecular flexibility index (Phi) is 13.6. The van der Waals surface area contributed by atoms with Gasteiger partial charge in [0, 0.05) is 49.7 Å². The summed E-state index contributed by atoms with van der Waals surface area (Å²) < 4.78 is 52.5. The van der Waals surface area contributed by atoms with Gasteiger partial charge in [0.15, 0.2) is 0 Å². The van der Waals surface area contributed by atoms with Crippen molar-refractivity contribution in [2.75, 3.05) is 47.6 Å². The Labute approximate surface area is 381 Å². The number of nitrogens with zero attached hydrogens (tertiary/aromatic N) is 4. The Morgan fingerprint density at radius 1 is 0.833 bits per heavy atom. The first-order valence-corrected chi connectivity index (χ1v) is 22.3. The van der Waals surface area contributed by atoms with Crippen molar-refractivity contribution in [2.24, 2.45) is 28.7 Å². The number of imidazole rings is 1. The number of H-pyrrole nitrogens is 1. The molecule has 3 aromatic carbocycles. The van der Waals surface area contributed by atoms with Gasteiger partial charge in [-0.15, -0.1) is 0 Å². The van der Waals surface area contributed by atoms with E-state index in [0.717, 1.165) is 61.4 Å². The van der Waals surface area contributed by atoms with Gasteiger partial charge in [0.25, 0.3) is 0 Å². The third-order valence-electron chi connectivity index (χ3n) is 13.2. The average molecular weight is 914 g/mol. The Bertz CT molecular complexity index is 2530. The van der Waals surface area contributed by atoms with Gasteiger partial charge in [0.1, 0.15) is 30.3 Å². The Morgan fingerprint density at radius 3 is 2.12 bits per heavy atom. The van der Waals surface area contributed by atoms with Crippen molar-refractivity contribution in [3.05, 3.63) is 65.6 Å². The second-order valence-corrected chi connectivity index (χ2v) is 18.2. The molecule has 66 heavy (non-hydrogen) atoms. The number of nitrogens with one attached hydrogen (secondary N) is 3. The van der Waals surface area contributed by atoms with Gasteiger partial charge in [-0.05, 0) is 82.0 Å². The van der Waals surface area contributed by atoms with Crippen molar-refractivity contribution < 1.29 is 51.6 Å². The van der Waals surface area contributed by atoms with E-state index in [2.05, 4.69) is 33.8 Å². The summed E-state index contributed by atoms with van der Waals surface area (Å²) in [6, 6.07) is 11.8. The van der Waals surface area contributed by atoms with Crippen LogP contribution in [-0.4, -0.2) is 122 Å². The molecule has 0 bridgehead atoms. The fourth-order valence-corrected chi connectivity index (χ4v) is 9.89. The van der Waals surface area contributed by atoms with Crippen LogP contribution >= 0.6 is 0 Å². The highest BCUT2D eigenvalue weighted by molar-refractivity contribution is 6.06. The summed E-state index contributed by atoms with van der Waals surface area (Å²) in [6.07, 6.45) is 1.83. The minimum Gasteiger partial charge on any atom is -0.488 e. The molecule has 2 fully saturated rings. The molecule has 8 rings (SSSR count). The molecule has 4 aromatic rings. The van der Waals surface area contributed by atoms with E-state index in [-0.39, 0.29) is 54.7 Å². The number of carbonyl (C=O) groups is 4. The summed E-state index contributed by atoms with van der Waals surface area (Å²) in [5.41, 5.74) is 7.14. The van der Waals surface area contributed by atoms with Gasteiger partial charge < -0.3 is 49.1 Å². The maximum Gasteiger partial charge on any atom is 0.407 e. The molecule has 4 aliphatic rings. The zero-order valence-electron chi connectivity index (χ0n) is 38.2. The van der Waals surface area contributed by atoms with Crippen LogP contribution in [0.25, 0.3) is 33.2 Å². The SMILES string of the molecule is COC[C@H]1C[C@@H](c2ncc(-c3ccc4c(c3)COc3cc5c6c(ccc5cc3-4)N=C([C@@H]3C[C@H](COC(F)F)CN3C(=O)[C@@H](NC(=O)OC)C(C)C)C6)[nH]2)N(C(=O)[C@@H](NC(=O)OC)C(C)C)C1. The first kappa shape index (κ1) is 46.4. The van der Waals surface area contributed by atoms with Gasteiger partial charge in [-0.25, -0.2) is 14.6 Å². The largest absolute Gasteiger partial charge is 0.488 e. The lowest BCUT2D eigenvalue weighted by atomic mass is 9.90. The number of likely N-dealkylation sites (tertiary alicyclic amines) is 2. The Balaban J connectivity index is 1.02. The fourth-order valence-electron chi connectivity index (χ4n) is 9.89. The number of fused-ring (bicyclic) bond motifs is 6. The topological polar surface area (TPSA) is 186 Å². The molecule has 0 radical (unpaired) electrons. The molecule has 4 aliphatic heterocycles. The highest BCUT2D eigenvalue weighted by Crippen LogP contribution is 2.45. The zero-order chi connectivity index (χ0) is 47.0. The molecule has 2 saturated heterocycles. The monoisotopic (exact) mass is 913 g/mol. The molecule has 0 aliphatic carbocycles. The predicted octanol–water partition coefficient (Wildman–Crippen LogP) is 7.17. The van der Waals surface area contributed by atoms with E-state index in [0.29, 0.717) is 44.8 Å². The van der Waals surface area contributed by atoms with Gasteiger partial charge in [-0.2, -0.15) is 8.78 Å². The summed E-state index contributed by atoms with van der Waals surface area (Å²) in [4.78, 5) is 69.2. The maximum absolute atomic E-state index is 14.1. The summed E-state index contributed by atoms with van der Waals surface area (Å²) >= 11 is 0. The van der Waals surface area contributed by atoms with E-state index < -0.39 is 36.9 Å². The molecule has 0 saturated carbocycles. The summed E-state index contributed by atoms with van der Waals surface area (Å²) in [7, 11) is 4.14. The van der Waals surface area contributed by atoms with E-state index in [4.69, 9.17) is 33.7 Å². The van der Waals surface area contributed by atoms with Crippen molar-refractivity contribution in [3.63, 3.8) is 0 Å². The third-order valence-corrected chi connectivity index (χ3v) is 13.2. The molecule has 18 heteroatoms. The lowest BCUT2D eigenvalue weighted by Gasteiger charge is -2.31.